The molecule has 0 aliphatic carbocycles. The number of benzene rings is 1. The highest BCUT2D eigenvalue weighted by atomic mass is 16.5. The summed E-state index contributed by atoms with van der Waals surface area (Å²) in [5, 5.41) is 2.85. The Balaban J connectivity index is 1.81. The lowest BCUT2D eigenvalue weighted by Crippen LogP contribution is -2.41. The minimum absolute atomic E-state index is 0.0439. The van der Waals surface area contributed by atoms with Gasteiger partial charge in [0, 0.05) is 18.8 Å². The Morgan fingerprint density at radius 2 is 1.90 bits per heavy atom. The van der Waals surface area contributed by atoms with Gasteiger partial charge in [-0.1, -0.05) is 12.1 Å². The summed E-state index contributed by atoms with van der Waals surface area (Å²) in [4.78, 5) is 25.1. The Kier molecular flexibility index (Phi) is 5.71. The highest BCUT2D eigenvalue weighted by Gasteiger charge is 2.14. The number of rotatable bonds is 5. The van der Waals surface area contributed by atoms with Crippen LogP contribution in [0, 0.1) is 0 Å². The molecule has 0 bridgehead atoms. The predicted octanol–water partition coefficient (Wildman–Crippen LogP) is 0.673. The van der Waals surface area contributed by atoms with Gasteiger partial charge in [-0.2, -0.15) is 0 Å². The molecule has 1 heterocycles. The first-order valence-corrected chi connectivity index (χ1v) is 6.93. The maximum Gasteiger partial charge on any atom is 0.309 e. The normalized spacial score (nSPS) is 15.5. The third-order valence-corrected chi connectivity index (χ3v) is 3.28. The van der Waals surface area contributed by atoms with Gasteiger partial charge in [-0.25, -0.2) is 0 Å². The van der Waals surface area contributed by atoms with E-state index in [1.165, 1.54) is 7.11 Å². The summed E-state index contributed by atoms with van der Waals surface area (Å²) in [5.41, 5.74) is 1.58. The van der Waals surface area contributed by atoms with Crippen molar-refractivity contribution < 1.29 is 19.1 Å². The van der Waals surface area contributed by atoms with Gasteiger partial charge in [0.05, 0.1) is 33.3 Å². The van der Waals surface area contributed by atoms with E-state index in [1.807, 2.05) is 0 Å². The summed E-state index contributed by atoms with van der Waals surface area (Å²) in [6.45, 7) is 3.29. The molecule has 1 aromatic rings. The minimum Gasteiger partial charge on any atom is -0.469 e. The van der Waals surface area contributed by atoms with Crippen LogP contribution in [0.2, 0.25) is 0 Å². The van der Waals surface area contributed by atoms with Crippen LogP contribution in [0.1, 0.15) is 5.56 Å². The van der Waals surface area contributed by atoms with Crippen molar-refractivity contribution in [2.45, 2.75) is 6.42 Å². The van der Waals surface area contributed by atoms with Gasteiger partial charge in [0.1, 0.15) is 0 Å². The third kappa shape index (κ3) is 5.17. The molecule has 2 rings (SSSR count). The monoisotopic (exact) mass is 292 g/mol. The highest BCUT2D eigenvalue weighted by molar-refractivity contribution is 5.92. The van der Waals surface area contributed by atoms with Crippen LogP contribution in [0.25, 0.3) is 0 Å². The largest absolute Gasteiger partial charge is 0.469 e. The number of carbonyl (C=O) groups is 2. The summed E-state index contributed by atoms with van der Waals surface area (Å²) in [5.74, 6) is -0.322. The number of nitrogens with zero attached hydrogens (tertiary/aromatic N) is 1. The second-order valence-corrected chi connectivity index (χ2v) is 4.89. The van der Waals surface area contributed by atoms with Gasteiger partial charge in [0.2, 0.25) is 5.91 Å². The van der Waals surface area contributed by atoms with E-state index in [9.17, 15) is 9.59 Å². The van der Waals surface area contributed by atoms with Crippen LogP contribution >= 0.6 is 0 Å². The van der Waals surface area contributed by atoms with E-state index < -0.39 is 0 Å². The lowest BCUT2D eigenvalue weighted by Gasteiger charge is -2.25. The Labute approximate surface area is 124 Å². The first kappa shape index (κ1) is 15.5. The summed E-state index contributed by atoms with van der Waals surface area (Å²) in [7, 11) is 1.36. The van der Waals surface area contributed by atoms with Crippen LogP contribution in [0.15, 0.2) is 24.3 Å². The quantitative estimate of drug-likeness (QED) is 0.808. The van der Waals surface area contributed by atoms with Gasteiger partial charge in [0.15, 0.2) is 0 Å². The maximum atomic E-state index is 11.9. The summed E-state index contributed by atoms with van der Waals surface area (Å²) in [6, 6.07) is 7.19. The Bertz CT molecular complexity index is 481. The molecule has 1 fully saturated rings. The number of anilines is 1. The molecule has 1 N–H and O–H groups in total. The van der Waals surface area contributed by atoms with E-state index in [-0.39, 0.29) is 18.3 Å². The number of ether oxygens (including phenoxy) is 2. The number of morpholine rings is 1. The van der Waals surface area contributed by atoms with Crippen molar-refractivity contribution in [2.75, 3.05) is 45.3 Å². The molecule has 0 aromatic heterocycles. The Morgan fingerprint density at radius 1 is 1.24 bits per heavy atom. The third-order valence-electron chi connectivity index (χ3n) is 3.28. The first-order chi connectivity index (χ1) is 10.2. The van der Waals surface area contributed by atoms with Gasteiger partial charge in [-0.3, -0.25) is 14.5 Å². The summed E-state index contributed by atoms with van der Waals surface area (Å²) < 4.78 is 9.85. The molecule has 0 atom stereocenters. The molecule has 6 heteroatoms. The lowest BCUT2D eigenvalue weighted by atomic mass is 10.1. The molecule has 1 aliphatic rings. The average molecular weight is 292 g/mol. The summed E-state index contributed by atoms with van der Waals surface area (Å²) >= 11 is 0. The number of nitrogens with one attached hydrogen (secondary N) is 1. The molecule has 1 aliphatic heterocycles. The van der Waals surface area contributed by atoms with Crippen molar-refractivity contribution >= 4 is 17.6 Å². The maximum absolute atomic E-state index is 11.9. The smallest absolute Gasteiger partial charge is 0.309 e. The van der Waals surface area contributed by atoms with Gasteiger partial charge < -0.3 is 14.8 Å². The van der Waals surface area contributed by atoms with Crippen molar-refractivity contribution in [3.63, 3.8) is 0 Å². The van der Waals surface area contributed by atoms with E-state index in [0.29, 0.717) is 19.8 Å². The number of hydrogen-bond acceptors (Lipinski definition) is 5. The number of esters is 1. The number of methoxy groups -OCH3 is 1. The molecule has 21 heavy (non-hydrogen) atoms. The molecule has 1 amide bonds. The Hall–Kier alpha value is -1.92. The van der Waals surface area contributed by atoms with E-state index >= 15 is 0 Å². The molecule has 6 nitrogen and oxygen atoms in total. The van der Waals surface area contributed by atoms with Crippen LogP contribution in [-0.4, -0.2) is 56.7 Å². The van der Waals surface area contributed by atoms with Crippen molar-refractivity contribution in [2.24, 2.45) is 0 Å². The summed E-state index contributed by atoms with van der Waals surface area (Å²) in [6.07, 6.45) is 0.235. The molecule has 0 saturated carbocycles. The van der Waals surface area contributed by atoms with Gasteiger partial charge >= 0.3 is 5.97 Å². The van der Waals surface area contributed by atoms with E-state index in [4.69, 9.17) is 4.74 Å². The SMILES string of the molecule is COC(=O)Cc1ccc(NC(=O)CN2CCOCC2)cc1. The van der Waals surface area contributed by atoms with Crippen LogP contribution in [-0.2, 0) is 25.5 Å². The first-order valence-electron chi connectivity index (χ1n) is 6.93. The van der Waals surface area contributed by atoms with E-state index in [2.05, 4.69) is 15.0 Å². The zero-order chi connectivity index (χ0) is 15.1. The van der Waals surface area contributed by atoms with Crippen molar-refractivity contribution in [3.05, 3.63) is 29.8 Å². The van der Waals surface area contributed by atoms with Gasteiger partial charge in [-0.05, 0) is 17.7 Å². The highest BCUT2D eigenvalue weighted by Crippen LogP contribution is 2.10. The van der Waals surface area contributed by atoms with E-state index in [0.717, 1.165) is 24.3 Å². The standard InChI is InChI=1S/C15H20N2O4/c1-20-15(19)10-12-2-4-13(5-3-12)16-14(18)11-17-6-8-21-9-7-17/h2-5H,6-11H2,1H3,(H,16,18). The zero-order valence-electron chi connectivity index (χ0n) is 12.1. The molecule has 114 valence electrons. The average Bonchev–Trinajstić information content (AvgIpc) is 2.50. The topological polar surface area (TPSA) is 67.9 Å². The molecular weight excluding hydrogens is 272 g/mol. The number of amides is 1. The number of carbonyl (C=O) groups excluding carboxylic acids is 2. The van der Waals surface area contributed by atoms with Gasteiger partial charge in [-0.15, -0.1) is 0 Å². The van der Waals surface area contributed by atoms with Crippen molar-refractivity contribution in [3.8, 4) is 0 Å². The van der Waals surface area contributed by atoms with Crippen molar-refractivity contribution in [1.82, 2.24) is 4.90 Å². The van der Waals surface area contributed by atoms with Crippen molar-refractivity contribution in [1.29, 1.82) is 0 Å². The van der Waals surface area contributed by atoms with Crippen LogP contribution in [0.5, 0.6) is 0 Å². The Morgan fingerprint density at radius 3 is 2.52 bits per heavy atom. The van der Waals surface area contributed by atoms with E-state index in [1.54, 1.807) is 24.3 Å². The predicted molar refractivity (Wildman–Crippen MR) is 78.1 cm³/mol. The van der Waals surface area contributed by atoms with Crippen LogP contribution in [0.3, 0.4) is 0 Å². The van der Waals surface area contributed by atoms with Gasteiger partial charge in [0.25, 0.3) is 0 Å². The molecule has 0 radical (unpaired) electrons. The fraction of sp³-hybridized carbons (Fsp3) is 0.467. The second kappa shape index (κ2) is 7.75. The lowest BCUT2D eigenvalue weighted by molar-refractivity contribution is -0.139. The fourth-order valence-electron chi connectivity index (χ4n) is 2.11. The fourth-order valence-corrected chi connectivity index (χ4v) is 2.11. The number of hydrogen-bond donors (Lipinski definition) is 1. The minimum atomic E-state index is -0.279. The zero-order valence-corrected chi connectivity index (χ0v) is 12.1. The molecule has 1 saturated heterocycles. The molecule has 0 spiro atoms. The molecule has 1 aromatic carbocycles. The molecule has 0 unspecified atom stereocenters. The van der Waals surface area contributed by atoms with Crippen LogP contribution < -0.4 is 5.32 Å². The molecular formula is C15H20N2O4. The second-order valence-electron chi connectivity index (χ2n) is 4.89. The van der Waals surface area contributed by atoms with Crippen LogP contribution in [0.4, 0.5) is 5.69 Å².